The zero-order valence-electron chi connectivity index (χ0n) is 7.53. The number of aromatic nitrogens is 5. The second-order valence-corrected chi connectivity index (χ2v) is 2.83. The smallest absolute Gasteiger partial charge is 0.248 e. The van der Waals surface area contributed by atoms with Crippen LogP contribution in [-0.2, 0) is 6.54 Å². The Kier molecular flexibility index (Phi) is 2.23. The first kappa shape index (κ1) is 8.82. The number of hydrogen-bond acceptors (Lipinski definition) is 6. The monoisotopic (exact) mass is 195 g/mol. The lowest BCUT2D eigenvalue weighted by atomic mass is 10.3. The predicted molar refractivity (Wildman–Crippen MR) is 44.1 cm³/mol. The van der Waals surface area contributed by atoms with E-state index in [2.05, 4.69) is 20.5 Å². The third-order valence-corrected chi connectivity index (χ3v) is 1.77. The topological polar surface area (TPSA) is 89.9 Å². The zero-order valence-corrected chi connectivity index (χ0v) is 7.53. The van der Waals surface area contributed by atoms with Gasteiger partial charge in [-0.3, -0.25) is 0 Å². The van der Waals surface area contributed by atoms with E-state index in [0.29, 0.717) is 18.1 Å². The first-order valence-electron chi connectivity index (χ1n) is 4.09. The number of aliphatic hydroxyl groups excluding tert-OH is 1. The van der Waals surface area contributed by atoms with Crippen LogP contribution in [0.4, 0.5) is 0 Å². The summed E-state index contributed by atoms with van der Waals surface area (Å²) in [4.78, 5) is 3.84. The fourth-order valence-corrected chi connectivity index (χ4v) is 1.11. The quantitative estimate of drug-likeness (QED) is 0.727. The zero-order chi connectivity index (χ0) is 9.97. The molecular formula is C7H9N5O2. The Labute approximate surface area is 79.4 Å². The van der Waals surface area contributed by atoms with Crippen molar-refractivity contribution in [3.63, 3.8) is 0 Å². The highest BCUT2D eigenvalue weighted by Crippen LogP contribution is 2.10. The maximum Gasteiger partial charge on any atom is 0.248 e. The maximum absolute atomic E-state index is 9.35. The Morgan fingerprint density at radius 2 is 2.50 bits per heavy atom. The Bertz CT molecular complexity index is 394. The summed E-state index contributed by atoms with van der Waals surface area (Å²) in [5.41, 5.74) is 0.614. The van der Waals surface area contributed by atoms with Gasteiger partial charge in [-0.2, -0.15) is 4.98 Å². The van der Waals surface area contributed by atoms with Gasteiger partial charge in [0.1, 0.15) is 6.54 Å². The minimum absolute atomic E-state index is 0.320. The third-order valence-electron chi connectivity index (χ3n) is 1.77. The van der Waals surface area contributed by atoms with Crippen LogP contribution >= 0.6 is 0 Å². The minimum atomic E-state index is -0.618. The van der Waals surface area contributed by atoms with Gasteiger partial charge >= 0.3 is 0 Å². The molecule has 2 aromatic heterocycles. The molecule has 1 atom stereocenters. The van der Waals surface area contributed by atoms with Crippen LogP contribution < -0.4 is 0 Å². The van der Waals surface area contributed by atoms with Gasteiger partial charge in [-0.05, 0) is 6.92 Å². The molecule has 0 aromatic carbocycles. The summed E-state index contributed by atoms with van der Waals surface area (Å²) < 4.78 is 6.32. The standard InChI is InChI=1S/C7H9N5O2/c1-5(13)6-2-9-11-12(6)3-7-8-4-10-14-7/h2,4-5,13H,3H2,1H3/t5-/m0/s1. The van der Waals surface area contributed by atoms with Crippen molar-refractivity contribution in [1.82, 2.24) is 25.1 Å². The molecule has 0 aliphatic carbocycles. The van der Waals surface area contributed by atoms with E-state index in [1.54, 1.807) is 6.92 Å². The number of rotatable bonds is 3. The van der Waals surface area contributed by atoms with Gasteiger partial charge in [0.15, 0.2) is 6.33 Å². The molecule has 0 radical (unpaired) electrons. The molecule has 0 saturated heterocycles. The lowest BCUT2D eigenvalue weighted by molar-refractivity contribution is 0.186. The Morgan fingerprint density at radius 1 is 1.64 bits per heavy atom. The molecule has 7 heteroatoms. The molecule has 2 heterocycles. The number of aliphatic hydroxyl groups is 1. The van der Waals surface area contributed by atoms with E-state index in [0.717, 1.165) is 0 Å². The van der Waals surface area contributed by atoms with Crippen molar-refractivity contribution in [3.05, 3.63) is 24.1 Å². The first-order chi connectivity index (χ1) is 6.77. The molecule has 0 bridgehead atoms. The number of hydrogen-bond donors (Lipinski definition) is 1. The van der Waals surface area contributed by atoms with E-state index >= 15 is 0 Å². The average molecular weight is 195 g/mol. The molecule has 0 fully saturated rings. The van der Waals surface area contributed by atoms with Crippen LogP contribution in [-0.4, -0.2) is 30.2 Å². The van der Waals surface area contributed by atoms with Gasteiger partial charge in [0.05, 0.1) is 18.0 Å². The molecule has 0 saturated carbocycles. The first-order valence-corrected chi connectivity index (χ1v) is 4.09. The van der Waals surface area contributed by atoms with Crippen molar-refractivity contribution >= 4 is 0 Å². The Balaban J connectivity index is 2.21. The van der Waals surface area contributed by atoms with Gasteiger partial charge in [0, 0.05) is 0 Å². The van der Waals surface area contributed by atoms with Crippen molar-refractivity contribution in [3.8, 4) is 0 Å². The van der Waals surface area contributed by atoms with Gasteiger partial charge in [0.2, 0.25) is 5.89 Å². The second kappa shape index (κ2) is 3.54. The summed E-state index contributed by atoms with van der Waals surface area (Å²) in [5.74, 6) is 0.428. The predicted octanol–water partition coefficient (Wildman–Crippen LogP) is -0.237. The molecule has 2 rings (SSSR count). The lowest BCUT2D eigenvalue weighted by Crippen LogP contribution is -2.08. The molecule has 74 valence electrons. The van der Waals surface area contributed by atoms with E-state index in [9.17, 15) is 5.11 Å². The Hall–Kier alpha value is -1.76. The molecular weight excluding hydrogens is 186 g/mol. The largest absolute Gasteiger partial charge is 0.387 e. The SMILES string of the molecule is C[C@H](O)c1cnnn1Cc1ncno1. The summed E-state index contributed by atoms with van der Waals surface area (Å²) in [6, 6.07) is 0. The summed E-state index contributed by atoms with van der Waals surface area (Å²) in [5, 5.41) is 20.3. The van der Waals surface area contributed by atoms with Crippen molar-refractivity contribution < 1.29 is 9.63 Å². The summed E-state index contributed by atoms with van der Waals surface area (Å²) in [6.45, 7) is 1.96. The van der Waals surface area contributed by atoms with Crippen molar-refractivity contribution in [2.24, 2.45) is 0 Å². The van der Waals surface area contributed by atoms with Crippen molar-refractivity contribution in [2.45, 2.75) is 19.6 Å². The molecule has 0 spiro atoms. The molecule has 7 nitrogen and oxygen atoms in total. The van der Waals surface area contributed by atoms with Crippen LogP contribution in [0.25, 0.3) is 0 Å². The molecule has 0 aliphatic rings. The van der Waals surface area contributed by atoms with Crippen LogP contribution in [0.15, 0.2) is 17.0 Å². The van der Waals surface area contributed by atoms with Crippen molar-refractivity contribution in [2.75, 3.05) is 0 Å². The van der Waals surface area contributed by atoms with Crippen molar-refractivity contribution in [1.29, 1.82) is 0 Å². The van der Waals surface area contributed by atoms with Crippen LogP contribution in [0, 0.1) is 0 Å². The van der Waals surface area contributed by atoms with E-state index in [1.165, 1.54) is 17.2 Å². The highest BCUT2D eigenvalue weighted by Gasteiger charge is 2.11. The second-order valence-electron chi connectivity index (χ2n) is 2.83. The molecule has 0 amide bonds. The van der Waals surface area contributed by atoms with Crippen LogP contribution in [0.2, 0.25) is 0 Å². The Morgan fingerprint density at radius 3 is 3.14 bits per heavy atom. The lowest BCUT2D eigenvalue weighted by Gasteiger charge is -2.04. The average Bonchev–Trinajstić information content (AvgIpc) is 2.75. The van der Waals surface area contributed by atoms with Crippen LogP contribution in [0.3, 0.4) is 0 Å². The van der Waals surface area contributed by atoms with E-state index in [4.69, 9.17) is 4.52 Å². The van der Waals surface area contributed by atoms with Gasteiger partial charge in [-0.1, -0.05) is 10.4 Å². The molecule has 14 heavy (non-hydrogen) atoms. The van der Waals surface area contributed by atoms with Gasteiger partial charge in [-0.25, -0.2) is 4.68 Å². The summed E-state index contributed by atoms with van der Waals surface area (Å²) >= 11 is 0. The maximum atomic E-state index is 9.35. The van der Waals surface area contributed by atoms with E-state index < -0.39 is 6.10 Å². The fraction of sp³-hybridized carbons (Fsp3) is 0.429. The van der Waals surface area contributed by atoms with E-state index in [-0.39, 0.29) is 0 Å². The van der Waals surface area contributed by atoms with Gasteiger partial charge in [0.25, 0.3) is 0 Å². The molecule has 0 aliphatic heterocycles. The normalized spacial score (nSPS) is 13.0. The van der Waals surface area contributed by atoms with Crippen LogP contribution in [0.1, 0.15) is 24.6 Å². The summed E-state index contributed by atoms with van der Waals surface area (Å²) in [6.07, 6.45) is 2.20. The number of nitrogens with zero attached hydrogens (tertiary/aromatic N) is 5. The van der Waals surface area contributed by atoms with Gasteiger partial charge in [-0.15, -0.1) is 5.10 Å². The molecule has 1 N–H and O–H groups in total. The highest BCUT2D eigenvalue weighted by molar-refractivity contribution is 4.98. The molecule has 2 aromatic rings. The molecule has 0 unspecified atom stereocenters. The van der Waals surface area contributed by atoms with Crippen LogP contribution in [0.5, 0.6) is 0 Å². The summed E-state index contributed by atoms with van der Waals surface area (Å²) in [7, 11) is 0. The fourth-order valence-electron chi connectivity index (χ4n) is 1.11. The van der Waals surface area contributed by atoms with Gasteiger partial charge < -0.3 is 9.63 Å². The highest BCUT2D eigenvalue weighted by atomic mass is 16.5. The van der Waals surface area contributed by atoms with E-state index in [1.807, 2.05) is 0 Å². The minimum Gasteiger partial charge on any atom is -0.387 e. The third kappa shape index (κ3) is 1.62.